The van der Waals surface area contributed by atoms with Crippen LogP contribution >= 0.6 is 0 Å². The van der Waals surface area contributed by atoms with Gasteiger partial charge in [-0.15, -0.1) is 0 Å². The molecule has 0 N–H and O–H groups in total. The lowest BCUT2D eigenvalue weighted by atomic mass is 9.86. The number of carbonyl (C=O) groups excluding carboxylic acids is 3. The van der Waals surface area contributed by atoms with Gasteiger partial charge in [0.05, 0.1) is 6.04 Å². The Morgan fingerprint density at radius 1 is 1.30 bits per heavy atom. The van der Waals surface area contributed by atoms with Gasteiger partial charge in [0.1, 0.15) is 0 Å². The van der Waals surface area contributed by atoms with Gasteiger partial charge in [-0.3, -0.25) is 9.59 Å². The number of rotatable bonds is 1. The van der Waals surface area contributed by atoms with Gasteiger partial charge in [0.2, 0.25) is 0 Å². The van der Waals surface area contributed by atoms with E-state index in [2.05, 4.69) is 0 Å². The highest BCUT2D eigenvalue weighted by atomic mass is 16.6. The number of nitrogens with zero attached hydrogens (tertiary/aromatic N) is 1. The molecule has 0 radical (unpaired) electrons. The van der Waals surface area contributed by atoms with Crippen LogP contribution in [0.15, 0.2) is 42.5 Å². The Hall–Kier alpha value is -2.43. The summed E-state index contributed by atoms with van der Waals surface area (Å²) < 4.78 is 5.28. The Morgan fingerprint density at radius 3 is 2.70 bits per heavy atom. The standard InChI is InChI=1S/C15H13NO4/c1-15-8-7-11(17)9-12(15)16(14(19)20-15)13(18)10-5-3-2-4-6-10/h2-8,12H,9H2,1H3/t12-,15+/m0/s1. The number of imide groups is 1. The predicted molar refractivity (Wildman–Crippen MR) is 70.0 cm³/mol. The normalized spacial score (nSPS) is 28.2. The first-order valence-electron chi connectivity index (χ1n) is 6.35. The van der Waals surface area contributed by atoms with Crippen molar-refractivity contribution in [1.82, 2.24) is 4.90 Å². The van der Waals surface area contributed by atoms with E-state index in [0.717, 1.165) is 4.90 Å². The number of amides is 2. The smallest absolute Gasteiger partial charge is 0.418 e. The first-order valence-corrected chi connectivity index (χ1v) is 6.35. The number of allylic oxidation sites excluding steroid dienone is 1. The predicted octanol–water partition coefficient (Wildman–Crippen LogP) is 1.94. The van der Waals surface area contributed by atoms with E-state index in [1.165, 1.54) is 6.08 Å². The number of hydrogen-bond donors (Lipinski definition) is 0. The monoisotopic (exact) mass is 271 g/mol. The summed E-state index contributed by atoms with van der Waals surface area (Å²) in [6.07, 6.45) is 2.35. The molecule has 1 aliphatic heterocycles. The van der Waals surface area contributed by atoms with Crippen molar-refractivity contribution in [2.24, 2.45) is 0 Å². The molecule has 2 atom stereocenters. The van der Waals surface area contributed by atoms with Crippen LogP contribution in [0.5, 0.6) is 0 Å². The lowest BCUT2D eigenvalue weighted by Crippen LogP contribution is -2.48. The molecule has 102 valence electrons. The van der Waals surface area contributed by atoms with Crippen molar-refractivity contribution >= 4 is 17.8 Å². The lowest BCUT2D eigenvalue weighted by molar-refractivity contribution is -0.116. The molecule has 0 aromatic heterocycles. The van der Waals surface area contributed by atoms with Crippen LogP contribution in [0.25, 0.3) is 0 Å². The van der Waals surface area contributed by atoms with Crippen LogP contribution < -0.4 is 0 Å². The molecule has 1 fully saturated rings. The van der Waals surface area contributed by atoms with E-state index < -0.39 is 23.6 Å². The van der Waals surface area contributed by atoms with Crippen molar-refractivity contribution < 1.29 is 19.1 Å². The van der Waals surface area contributed by atoms with Crippen molar-refractivity contribution in [3.63, 3.8) is 0 Å². The average Bonchev–Trinajstić information content (AvgIpc) is 2.69. The van der Waals surface area contributed by atoms with Crippen molar-refractivity contribution in [3.8, 4) is 0 Å². The Bertz CT molecular complexity index is 622. The van der Waals surface area contributed by atoms with Crippen LogP contribution in [0.3, 0.4) is 0 Å². The second kappa shape index (κ2) is 4.30. The molecular formula is C15H13NO4. The molecule has 5 nitrogen and oxygen atoms in total. The van der Waals surface area contributed by atoms with Gasteiger partial charge in [0.25, 0.3) is 5.91 Å². The SMILES string of the molecule is C[C@@]12C=CC(=O)C[C@@H]1N(C(=O)c1ccccc1)C(=O)O2. The van der Waals surface area contributed by atoms with E-state index in [-0.39, 0.29) is 12.2 Å². The molecule has 1 aromatic carbocycles. The zero-order valence-corrected chi connectivity index (χ0v) is 10.9. The summed E-state index contributed by atoms with van der Waals surface area (Å²) in [7, 11) is 0. The van der Waals surface area contributed by atoms with E-state index >= 15 is 0 Å². The molecule has 1 heterocycles. The Labute approximate surface area is 115 Å². The van der Waals surface area contributed by atoms with Crippen LogP contribution in [0.2, 0.25) is 0 Å². The number of benzene rings is 1. The third kappa shape index (κ3) is 1.82. The van der Waals surface area contributed by atoms with E-state index in [1.807, 2.05) is 0 Å². The van der Waals surface area contributed by atoms with Gasteiger partial charge in [-0.05, 0) is 31.2 Å². The second-order valence-electron chi connectivity index (χ2n) is 5.11. The maximum absolute atomic E-state index is 12.5. The van der Waals surface area contributed by atoms with Crippen LogP contribution in [0.1, 0.15) is 23.7 Å². The summed E-state index contributed by atoms with van der Waals surface area (Å²) in [5.74, 6) is -0.552. The van der Waals surface area contributed by atoms with Gasteiger partial charge in [-0.1, -0.05) is 18.2 Å². The molecular weight excluding hydrogens is 258 g/mol. The van der Waals surface area contributed by atoms with E-state index in [1.54, 1.807) is 43.3 Å². The molecule has 2 amide bonds. The molecule has 20 heavy (non-hydrogen) atoms. The van der Waals surface area contributed by atoms with Crippen molar-refractivity contribution in [1.29, 1.82) is 0 Å². The minimum Gasteiger partial charge on any atom is -0.436 e. The Morgan fingerprint density at radius 2 is 2.00 bits per heavy atom. The molecule has 0 spiro atoms. The summed E-state index contributed by atoms with van der Waals surface area (Å²) in [6, 6.07) is 7.91. The Kier molecular flexibility index (Phi) is 2.71. The fraction of sp³-hybridized carbons (Fsp3) is 0.267. The minimum atomic E-state index is -0.921. The van der Waals surface area contributed by atoms with Gasteiger partial charge in [-0.25, -0.2) is 9.69 Å². The maximum atomic E-state index is 12.5. The summed E-state index contributed by atoms with van der Waals surface area (Å²) in [4.78, 5) is 37.1. The highest BCUT2D eigenvalue weighted by molar-refractivity contribution is 6.05. The third-order valence-corrected chi connectivity index (χ3v) is 3.71. The number of fused-ring (bicyclic) bond motifs is 1. The lowest BCUT2D eigenvalue weighted by Gasteiger charge is -2.30. The zero-order valence-electron chi connectivity index (χ0n) is 10.9. The van der Waals surface area contributed by atoms with Crippen LogP contribution in [-0.2, 0) is 9.53 Å². The number of hydrogen-bond acceptors (Lipinski definition) is 4. The molecule has 0 saturated carbocycles. The molecule has 3 rings (SSSR count). The first-order chi connectivity index (χ1) is 9.51. The number of ether oxygens (including phenoxy) is 1. The molecule has 0 unspecified atom stereocenters. The highest BCUT2D eigenvalue weighted by Gasteiger charge is 2.54. The summed E-state index contributed by atoms with van der Waals surface area (Å²) in [6.45, 7) is 1.71. The maximum Gasteiger partial charge on any atom is 0.418 e. The van der Waals surface area contributed by atoms with Gasteiger partial charge >= 0.3 is 6.09 Å². The zero-order chi connectivity index (χ0) is 14.3. The second-order valence-corrected chi connectivity index (χ2v) is 5.11. The fourth-order valence-corrected chi connectivity index (χ4v) is 2.59. The van der Waals surface area contributed by atoms with Gasteiger partial charge in [0.15, 0.2) is 11.4 Å². The summed E-state index contributed by atoms with van der Waals surface area (Å²) in [5, 5.41) is 0. The van der Waals surface area contributed by atoms with Crippen LogP contribution in [-0.4, -0.2) is 34.3 Å². The largest absolute Gasteiger partial charge is 0.436 e. The Balaban J connectivity index is 1.98. The van der Waals surface area contributed by atoms with Crippen LogP contribution in [0.4, 0.5) is 4.79 Å². The third-order valence-electron chi connectivity index (χ3n) is 3.71. The number of ketones is 1. The van der Waals surface area contributed by atoms with E-state index in [9.17, 15) is 14.4 Å². The molecule has 2 aliphatic rings. The van der Waals surface area contributed by atoms with Gasteiger partial charge < -0.3 is 4.74 Å². The molecule has 5 heteroatoms. The summed E-state index contributed by atoms with van der Waals surface area (Å²) in [5.41, 5.74) is -0.522. The fourth-order valence-electron chi connectivity index (χ4n) is 2.59. The highest BCUT2D eigenvalue weighted by Crippen LogP contribution is 2.36. The molecule has 0 bridgehead atoms. The van der Waals surface area contributed by atoms with Gasteiger partial charge in [-0.2, -0.15) is 0 Å². The molecule has 1 saturated heterocycles. The van der Waals surface area contributed by atoms with Crippen molar-refractivity contribution in [2.75, 3.05) is 0 Å². The molecule has 1 aliphatic carbocycles. The van der Waals surface area contributed by atoms with E-state index in [0.29, 0.717) is 5.56 Å². The average molecular weight is 271 g/mol. The van der Waals surface area contributed by atoms with E-state index in [4.69, 9.17) is 4.74 Å². The van der Waals surface area contributed by atoms with Crippen LogP contribution in [0, 0.1) is 0 Å². The first kappa shape index (κ1) is 12.6. The minimum absolute atomic E-state index is 0.0946. The molecule has 1 aromatic rings. The quantitative estimate of drug-likeness (QED) is 0.783. The van der Waals surface area contributed by atoms with Crippen molar-refractivity contribution in [3.05, 3.63) is 48.0 Å². The van der Waals surface area contributed by atoms with Gasteiger partial charge in [0, 0.05) is 12.0 Å². The summed E-state index contributed by atoms with van der Waals surface area (Å²) >= 11 is 0. The topological polar surface area (TPSA) is 63.7 Å². The van der Waals surface area contributed by atoms with Crippen molar-refractivity contribution in [2.45, 2.75) is 25.0 Å². The number of carbonyl (C=O) groups is 3.